The van der Waals surface area contributed by atoms with Gasteiger partial charge in [-0.25, -0.2) is 8.42 Å². The monoisotopic (exact) mass is 326 g/mol. The number of benzene rings is 1. The molecule has 4 nitrogen and oxygen atoms in total. The minimum absolute atomic E-state index is 0.0503. The van der Waals surface area contributed by atoms with Crippen molar-refractivity contribution in [2.24, 2.45) is 0 Å². The van der Waals surface area contributed by atoms with Crippen LogP contribution in [0, 0.1) is 0 Å². The first-order valence-electron chi connectivity index (χ1n) is 5.90. The van der Waals surface area contributed by atoms with Gasteiger partial charge in [0.05, 0.1) is 16.5 Å². The molecule has 0 saturated heterocycles. The zero-order valence-electron chi connectivity index (χ0n) is 10.6. The summed E-state index contributed by atoms with van der Waals surface area (Å²) in [6, 6.07) is 4.09. The number of hydrogen-bond acceptors (Lipinski definition) is 4. The van der Waals surface area contributed by atoms with E-state index in [-0.39, 0.29) is 9.92 Å². The Labute approximate surface area is 123 Å². The van der Waals surface area contributed by atoms with Gasteiger partial charge in [-0.2, -0.15) is 0 Å². The van der Waals surface area contributed by atoms with Crippen LogP contribution in [-0.2, 0) is 13.8 Å². The average Bonchev–Trinajstić information content (AvgIpc) is 2.34. The predicted octanol–water partition coefficient (Wildman–Crippen LogP) is 3.46. The van der Waals surface area contributed by atoms with Gasteiger partial charge in [0.15, 0.2) is 0 Å². The van der Waals surface area contributed by atoms with Crippen LogP contribution >= 0.6 is 22.3 Å². The van der Waals surface area contributed by atoms with Crippen LogP contribution in [0.15, 0.2) is 23.1 Å². The van der Waals surface area contributed by atoms with E-state index in [1.54, 1.807) is 0 Å². The number of rotatable bonds is 8. The summed E-state index contributed by atoms with van der Waals surface area (Å²) in [6.45, 7) is 3.62. The van der Waals surface area contributed by atoms with E-state index in [1.165, 1.54) is 18.2 Å². The third kappa shape index (κ3) is 5.99. The highest BCUT2D eigenvalue weighted by atomic mass is 35.7. The van der Waals surface area contributed by atoms with Crippen molar-refractivity contribution in [1.29, 1.82) is 0 Å². The largest absolute Gasteiger partial charge is 0.490 e. The molecular formula is C12H16Cl2O4S. The van der Waals surface area contributed by atoms with E-state index >= 15 is 0 Å². The highest BCUT2D eigenvalue weighted by Crippen LogP contribution is 2.28. The van der Waals surface area contributed by atoms with Gasteiger partial charge in [0.25, 0.3) is 9.05 Å². The Morgan fingerprint density at radius 1 is 1.21 bits per heavy atom. The molecule has 0 aliphatic heterocycles. The summed E-state index contributed by atoms with van der Waals surface area (Å²) in [7, 11) is 1.44. The van der Waals surface area contributed by atoms with Crippen LogP contribution < -0.4 is 4.74 Å². The fraction of sp³-hybridized carbons (Fsp3) is 0.500. The van der Waals surface area contributed by atoms with Crippen molar-refractivity contribution < 1.29 is 17.9 Å². The van der Waals surface area contributed by atoms with Crippen molar-refractivity contribution in [3.63, 3.8) is 0 Å². The first-order valence-corrected chi connectivity index (χ1v) is 8.58. The Bertz CT molecular complexity index is 502. The normalized spacial score (nSPS) is 11.5. The van der Waals surface area contributed by atoms with Crippen LogP contribution in [0.5, 0.6) is 5.75 Å². The van der Waals surface area contributed by atoms with Crippen molar-refractivity contribution in [2.75, 3.05) is 19.8 Å². The second-order valence-electron chi connectivity index (χ2n) is 3.84. The van der Waals surface area contributed by atoms with Crippen molar-refractivity contribution >= 4 is 31.3 Å². The molecule has 0 spiro atoms. The zero-order chi connectivity index (χ0) is 14.3. The van der Waals surface area contributed by atoms with Gasteiger partial charge in [0.1, 0.15) is 12.4 Å². The van der Waals surface area contributed by atoms with Crippen LogP contribution in [0.1, 0.15) is 19.8 Å². The molecule has 1 aromatic carbocycles. The van der Waals surface area contributed by atoms with E-state index in [9.17, 15) is 8.42 Å². The highest BCUT2D eigenvalue weighted by molar-refractivity contribution is 8.13. The minimum Gasteiger partial charge on any atom is -0.490 e. The van der Waals surface area contributed by atoms with Gasteiger partial charge in [-0.3, -0.25) is 0 Å². The maximum atomic E-state index is 11.1. The molecule has 0 amide bonds. The fourth-order valence-electron chi connectivity index (χ4n) is 1.31. The third-order valence-corrected chi connectivity index (χ3v) is 3.96. The van der Waals surface area contributed by atoms with E-state index in [0.717, 1.165) is 12.8 Å². The van der Waals surface area contributed by atoms with Gasteiger partial charge < -0.3 is 9.47 Å². The molecule has 1 aromatic rings. The predicted molar refractivity (Wildman–Crippen MR) is 75.7 cm³/mol. The molecule has 0 N–H and O–H groups in total. The summed E-state index contributed by atoms with van der Waals surface area (Å²) >= 11 is 5.91. The topological polar surface area (TPSA) is 52.6 Å². The highest BCUT2D eigenvalue weighted by Gasteiger charge is 2.12. The Hall–Kier alpha value is -0.490. The molecule has 7 heteroatoms. The molecular weight excluding hydrogens is 311 g/mol. The van der Waals surface area contributed by atoms with Gasteiger partial charge in [-0.05, 0) is 24.6 Å². The quantitative estimate of drug-likeness (QED) is 0.542. The van der Waals surface area contributed by atoms with Crippen LogP contribution in [0.3, 0.4) is 0 Å². The molecule has 0 unspecified atom stereocenters. The van der Waals surface area contributed by atoms with Crippen molar-refractivity contribution in [3.05, 3.63) is 23.2 Å². The van der Waals surface area contributed by atoms with Crippen LogP contribution in [-0.4, -0.2) is 28.2 Å². The first-order chi connectivity index (χ1) is 8.95. The SMILES string of the molecule is CCCCOCCOc1ccc(S(=O)(=O)Cl)cc1Cl. The van der Waals surface area contributed by atoms with E-state index in [2.05, 4.69) is 6.92 Å². The Balaban J connectivity index is 2.47. The Kier molecular flexibility index (Phi) is 6.93. The van der Waals surface area contributed by atoms with Crippen molar-refractivity contribution in [3.8, 4) is 5.75 Å². The second kappa shape index (κ2) is 7.94. The lowest BCUT2D eigenvalue weighted by Crippen LogP contribution is -2.07. The van der Waals surface area contributed by atoms with Crippen LogP contribution in [0.2, 0.25) is 5.02 Å². The summed E-state index contributed by atoms with van der Waals surface area (Å²) in [6.07, 6.45) is 2.10. The summed E-state index contributed by atoms with van der Waals surface area (Å²) in [5.74, 6) is 0.407. The number of ether oxygens (including phenoxy) is 2. The molecule has 0 fully saturated rings. The van der Waals surface area contributed by atoms with Crippen LogP contribution in [0.25, 0.3) is 0 Å². The molecule has 0 saturated carbocycles. The number of hydrogen-bond donors (Lipinski definition) is 0. The molecule has 0 atom stereocenters. The molecule has 0 radical (unpaired) electrons. The van der Waals surface area contributed by atoms with Gasteiger partial charge in [-0.15, -0.1) is 0 Å². The summed E-state index contributed by atoms with van der Waals surface area (Å²) in [5, 5.41) is 0.204. The lowest BCUT2D eigenvalue weighted by Gasteiger charge is -2.09. The number of unbranched alkanes of at least 4 members (excludes halogenated alkanes) is 1. The summed E-state index contributed by atoms with van der Waals surface area (Å²) in [4.78, 5) is -0.0503. The Morgan fingerprint density at radius 3 is 2.53 bits per heavy atom. The zero-order valence-corrected chi connectivity index (χ0v) is 12.9. The molecule has 0 aliphatic carbocycles. The molecule has 19 heavy (non-hydrogen) atoms. The second-order valence-corrected chi connectivity index (χ2v) is 6.82. The first kappa shape index (κ1) is 16.6. The van der Waals surface area contributed by atoms with Crippen molar-refractivity contribution in [1.82, 2.24) is 0 Å². The van der Waals surface area contributed by atoms with Gasteiger partial charge >= 0.3 is 0 Å². The van der Waals surface area contributed by atoms with Gasteiger partial charge in [0, 0.05) is 17.3 Å². The van der Waals surface area contributed by atoms with E-state index in [4.69, 9.17) is 31.8 Å². The summed E-state index contributed by atoms with van der Waals surface area (Å²) < 4.78 is 32.9. The smallest absolute Gasteiger partial charge is 0.261 e. The molecule has 0 heterocycles. The van der Waals surface area contributed by atoms with E-state index in [1.807, 2.05) is 0 Å². The summed E-state index contributed by atoms with van der Waals surface area (Å²) in [5.41, 5.74) is 0. The fourth-order valence-corrected chi connectivity index (χ4v) is 2.39. The van der Waals surface area contributed by atoms with E-state index < -0.39 is 9.05 Å². The van der Waals surface area contributed by atoms with E-state index in [0.29, 0.717) is 25.6 Å². The lowest BCUT2D eigenvalue weighted by molar-refractivity contribution is 0.0981. The van der Waals surface area contributed by atoms with Gasteiger partial charge in [0.2, 0.25) is 0 Å². The standard InChI is InChI=1S/C12H16Cl2O4S/c1-2-3-6-17-7-8-18-12-5-4-10(9-11(12)13)19(14,15)16/h4-5,9H,2-3,6-8H2,1H3. The van der Waals surface area contributed by atoms with Gasteiger partial charge in [-0.1, -0.05) is 24.9 Å². The maximum Gasteiger partial charge on any atom is 0.261 e. The third-order valence-electron chi connectivity index (χ3n) is 2.31. The minimum atomic E-state index is -3.77. The molecule has 0 aromatic heterocycles. The van der Waals surface area contributed by atoms with Crippen molar-refractivity contribution in [2.45, 2.75) is 24.7 Å². The molecule has 0 aliphatic rings. The molecule has 108 valence electrons. The van der Waals surface area contributed by atoms with Crippen LogP contribution in [0.4, 0.5) is 0 Å². The number of halogens is 2. The molecule has 0 bridgehead atoms. The maximum absolute atomic E-state index is 11.1. The lowest BCUT2D eigenvalue weighted by atomic mass is 10.3. The Morgan fingerprint density at radius 2 is 1.95 bits per heavy atom. The average molecular weight is 327 g/mol. The molecule has 1 rings (SSSR count).